The van der Waals surface area contributed by atoms with Crippen molar-refractivity contribution >= 4 is 24.0 Å². The standard InChI is InChI=1S/C19H24ClNO.ClH/c1-3-15(2)21(13-16-7-5-4-6-8-16)14-19(22)17-9-11-18(20)12-10-17;/h4-12,15,19,22H,3,13-14H2,1-2H3;1H. The average molecular weight is 354 g/mol. The van der Waals surface area contributed by atoms with Crippen LogP contribution < -0.4 is 0 Å². The Morgan fingerprint density at radius 2 is 1.65 bits per heavy atom. The van der Waals surface area contributed by atoms with Gasteiger partial charge in [-0.2, -0.15) is 0 Å². The second-order valence-electron chi connectivity index (χ2n) is 5.74. The molecular weight excluding hydrogens is 329 g/mol. The molecule has 2 aromatic carbocycles. The van der Waals surface area contributed by atoms with Gasteiger partial charge in [0.2, 0.25) is 0 Å². The maximum atomic E-state index is 10.5. The van der Waals surface area contributed by atoms with Crippen LogP contribution in [-0.2, 0) is 6.54 Å². The zero-order valence-electron chi connectivity index (χ0n) is 13.7. The van der Waals surface area contributed by atoms with Crippen LogP contribution in [0, 0.1) is 0 Å². The molecule has 2 rings (SSSR count). The third kappa shape index (κ3) is 6.15. The predicted octanol–water partition coefficient (Wildman–Crippen LogP) is 5.10. The van der Waals surface area contributed by atoms with Crippen LogP contribution >= 0.6 is 24.0 Å². The van der Waals surface area contributed by atoms with E-state index < -0.39 is 6.10 Å². The predicted molar refractivity (Wildman–Crippen MR) is 100 cm³/mol. The molecule has 0 saturated carbocycles. The van der Waals surface area contributed by atoms with Gasteiger partial charge >= 0.3 is 0 Å². The first-order chi connectivity index (χ1) is 10.6. The Hall–Kier alpha value is -1.06. The molecule has 0 fully saturated rings. The molecule has 0 radical (unpaired) electrons. The van der Waals surface area contributed by atoms with E-state index in [4.69, 9.17) is 11.6 Å². The first kappa shape index (κ1) is 20.0. The van der Waals surface area contributed by atoms with Gasteiger partial charge in [0.05, 0.1) is 6.10 Å². The largest absolute Gasteiger partial charge is 0.387 e. The zero-order chi connectivity index (χ0) is 15.9. The van der Waals surface area contributed by atoms with E-state index in [2.05, 4.69) is 43.0 Å². The van der Waals surface area contributed by atoms with Crippen LogP contribution in [0.4, 0.5) is 0 Å². The molecule has 23 heavy (non-hydrogen) atoms. The van der Waals surface area contributed by atoms with Gasteiger partial charge < -0.3 is 5.11 Å². The molecule has 0 aliphatic heterocycles. The highest BCUT2D eigenvalue weighted by atomic mass is 35.5. The minimum Gasteiger partial charge on any atom is -0.387 e. The molecule has 126 valence electrons. The topological polar surface area (TPSA) is 23.5 Å². The lowest BCUT2D eigenvalue weighted by Gasteiger charge is -2.30. The average Bonchev–Trinajstić information content (AvgIpc) is 2.55. The third-order valence-electron chi connectivity index (χ3n) is 4.10. The third-order valence-corrected chi connectivity index (χ3v) is 4.36. The Morgan fingerprint density at radius 1 is 1.04 bits per heavy atom. The highest BCUT2D eigenvalue weighted by molar-refractivity contribution is 6.30. The molecule has 2 unspecified atom stereocenters. The van der Waals surface area contributed by atoms with Crippen molar-refractivity contribution in [2.24, 2.45) is 0 Å². The molecule has 2 aromatic rings. The number of rotatable bonds is 7. The quantitative estimate of drug-likeness (QED) is 0.748. The summed E-state index contributed by atoms with van der Waals surface area (Å²) in [6, 6.07) is 18.2. The maximum absolute atomic E-state index is 10.5. The smallest absolute Gasteiger partial charge is 0.0917 e. The minimum absolute atomic E-state index is 0. The lowest BCUT2D eigenvalue weighted by Crippen LogP contribution is -2.35. The van der Waals surface area contributed by atoms with Crippen LogP contribution in [-0.4, -0.2) is 22.6 Å². The summed E-state index contributed by atoms with van der Waals surface area (Å²) >= 11 is 5.91. The van der Waals surface area contributed by atoms with E-state index in [-0.39, 0.29) is 12.4 Å². The molecule has 2 nitrogen and oxygen atoms in total. The highest BCUT2D eigenvalue weighted by Crippen LogP contribution is 2.20. The molecule has 0 saturated heterocycles. The fourth-order valence-corrected chi connectivity index (χ4v) is 2.61. The lowest BCUT2D eigenvalue weighted by molar-refractivity contribution is 0.0848. The summed E-state index contributed by atoms with van der Waals surface area (Å²) in [6.45, 7) is 5.85. The number of benzene rings is 2. The van der Waals surface area contributed by atoms with Crippen molar-refractivity contribution in [1.29, 1.82) is 0 Å². The van der Waals surface area contributed by atoms with Gasteiger partial charge in [0.15, 0.2) is 0 Å². The number of hydrogen-bond acceptors (Lipinski definition) is 2. The second-order valence-corrected chi connectivity index (χ2v) is 6.18. The van der Waals surface area contributed by atoms with Crippen LogP contribution in [0.15, 0.2) is 54.6 Å². The highest BCUT2D eigenvalue weighted by Gasteiger charge is 2.18. The van der Waals surface area contributed by atoms with Crippen molar-refractivity contribution < 1.29 is 5.11 Å². The summed E-state index contributed by atoms with van der Waals surface area (Å²) < 4.78 is 0. The second kappa shape index (κ2) is 9.94. The van der Waals surface area contributed by atoms with Gasteiger partial charge in [-0.1, -0.05) is 61.0 Å². The van der Waals surface area contributed by atoms with Crippen molar-refractivity contribution in [3.63, 3.8) is 0 Å². The van der Waals surface area contributed by atoms with Gasteiger partial charge in [-0.15, -0.1) is 12.4 Å². The molecule has 2 atom stereocenters. The van der Waals surface area contributed by atoms with Gasteiger partial charge in [0.1, 0.15) is 0 Å². The van der Waals surface area contributed by atoms with E-state index in [9.17, 15) is 5.11 Å². The van der Waals surface area contributed by atoms with E-state index in [1.165, 1.54) is 5.56 Å². The minimum atomic E-state index is -0.505. The molecule has 0 amide bonds. The van der Waals surface area contributed by atoms with Crippen LogP contribution in [0.1, 0.15) is 37.5 Å². The molecule has 0 bridgehead atoms. The number of halogens is 2. The number of hydrogen-bond donors (Lipinski definition) is 1. The number of nitrogens with zero attached hydrogens (tertiary/aromatic N) is 1. The summed E-state index contributed by atoms with van der Waals surface area (Å²) in [7, 11) is 0. The maximum Gasteiger partial charge on any atom is 0.0917 e. The monoisotopic (exact) mass is 353 g/mol. The SMILES string of the molecule is CCC(C)N(Cc1ccccc1)CC(O)c1ccc(Cl)cc1.Cl. The van der Waals surface area contributed by atoms with Crippen LogP contribution in [0.2, 0.25) is 5.02 Å². The van der Waals surface area contributed by atoms with Crippen LogP contribution in [0.3, 0.4) is 0 Å². The van der Waals surface area contributed by atoms with E-state index >= 15 is 0 Å². The zero-order valence-corrected chi connectivity index (χ0v) is 15.2. The Bertz CT molecular complexity index is 559. The Balaban J connectivity index is 0.00000264. The Morgan fingerprint density at radius 3 is 2.22 bits per heavy atom. The van der Waals surface area contributed by atoms with Gasteiger partial charge in [-0.25, -0.2) is 0 Å². The number of aliphatic hydroxyl groups is 1. The molecule has 0 aliphatic carbocycles. The van der Waals surface area contributed by atoms with Gasteiger partial charge in [0.25, 0.3) is 0 Å². The molecular formula is C19H25Cl2NO. The van der Waals surface area contributed by atoms with Crippen LogP contribution in [0.25, 0.3) is 0 Å². The molecule has 4 heteroatoms. The normalized spacial score (nSPS) is 13.4. The summed E-state index contributed by atoms with van der Waals surface area (Å²) in [5.74, 6) is 0. The first-order valence-electron chi connectivity index (χ1n) is 7.81. The van der Waals surface area contributed by atoms with Crippen molar-refractivity contribution in [2.45, 2.75) is 39.0 Å². The summed E-state index contributed by atoms with van der Waals surface area (Å²) in [6.07, 6.45) is 0.551. The summed E-state index contributed by atoms with van der Waals surface area (Å²) in [4.78, 5) is 2.33. The van der Waals surface area contributed by atoms with Gasteiger partial charge in [-0.3, -0.25) is 4.90 Å². The van der Waals surface area contributed by atoms with Crippen molar-refractivity contribution in [3.05, 3.63) is 70.7 Å². The van der Waals surface area contributed by atoms with Gasteiger partial charge in [0, 0.05) is 24.2 Å². The van der Waals surface area contributed by atoms with Gasteiger partial charge in [-0.05, 0) is 36.6 Å². The van der Waals surface area contributed by atoms with Crippen molar-refractivity contribution in [1.82, 2.24) is 4.90 Å². The molecule has 1 N–H and O–H groups in total. The van der Waals surface area contributed by atoms with E-state index in [0.29, 0.717) is 17.6 Å². The van der Waals surface area contributed by atoms with E-state index in [1.807, 2.05) is 30.3 Å². The van der Waals surface area contributed by atoms with Crippen LogP contribution in [0.5, 0.6) is 0 Å². The molecule has 0 heterocycles. The molecule has 0 aromatic heterocycles. The summed E-state index contributed by atoms with van der Waals surface area (Å²) in [5, 5.41) is 11.2. The fraction of sp³-hybridized carbons (Fsp3) is 0.368. The first-order valence-corrected chi connectivity index (χ1v) is 8.19. The van der Waals surface area contributed by atoms with E-state index in [0.717, 1.165) is 18.5 Å². The fourth-order valence-electron chi connectivity index (χ4n) is 2.49. The molecule has 0 aliphatic rings. The van der Waals surface area contributed by atoms with E-state index in [1.54, 1.807) is 0 Å². The van der Waals surface area contributed by atoms with Crippen molar-refractivity contribution in [2.75, 3.05) is 6.54 Å². The Labute approximate surface area is 150 Å². The lowest BCUT2D eigenvalue weighted by atomic mass is 10.1. The molecule has 0 spiro atoms. The number of aliphatic hydroxyl groups excluding tert-OH is 1. The Kier molecular flexibility index (Phi) is 8.64. The van der Waals surface area contributed by atoms with Crippen molar-refractivity contribution in [3.8, 4) is 0 Å². The summed E-state index contributed by atoms with van der Waals surface area (Å²) in [5.41, 5.74) is 2.18.